The van der Waals surface area contributed by atoms with E-state index in [1.807, 2.05) is 12.3 Å². The van der Waals surface area contributed by atoms with Gasteiger partial charge in [-0.3, -0.25) is 0 Å². The number of alkyl halides is 1. The number of fused-ring (bicyclic) bond motifs is 1. The third-order valence-corrected chi connectivity index (χ3v) is 4.34. The molecule has 2 aromatic rings. The molecule has 0 spiro atoms. The van der Waals surface area contributed by atoms with E-state index in [1.54, 1.807) is 0 Å². The largest absolute Gasteiger partial charge is 0.312 e. The van der Waals surface area contributed by atoms with Crippen LogP contribution in [0.3, 0.4) is 0 Å². The Morgan fingerprint density at radius 1 is 1.37 bits per heavy atom. The van der Waals surface area contributed by atoms with Gasteiger partial charge in [0, 0.05) is 25.0 Å². The third-order valence-electron chi connectivity index (χ3n) is 4.15. The summed E-state index contributed by atoms with van der Waals surface area (Å²) < 4.78 is 2.31. The molecular formula is C15H20ClN3. The van der Waals surface area contributed by atoms with Crippen LogP contribution in [0, 0.1) is 12.8 Å². The Morgan fingerprint density at radius 2 is 2.16 bits per heavy atom. The zero-order valence-corrected chi connectivity index (χ0v) is 12.2. The highest BCUT2D eigenvalue weighted by Gasteiger charge is 2.20. The standard InChI is InChI=1S/C15H20ClN3/c1-11-7-9-17-15-14(11)18-13(6-8-16)19(15)10-12-4-2-3-5-12/h7,9,12H,2-6,8,10H2,1H3. The lowest BCUT2D eigenvalue weighted by molar-refractivity contribution is 0.454. The average molecular weight is 278 g/mol. The van der Waals surface area contributed by atoms with E-state index in [9.17, 15) is 0 Å². The number of aromatic nitrogens is 3. The van der Waals surface area contributed by atoms with Crippen molar-refractivity contribution in [2.45, 2.75) is 45.6 Å². The Labute approximate surface area is 119 Å². The molecule has 102 valence electrons. The molecule has 0 radical (unpaired) electrons. The fraction of sp³-hybridized carbons (Fsp3) is 0.600. The molecule has 3 nitrogen and oxygen atoms in total. The average Bonchev–Trinajstić information content (AvgIpc) is 3.01. The van der Waals surface area contributed by atoms with E-state index in [4.69, 9.17) is 16.6 Å². The quantitative estimate of drug-likeness (QED) is 0.798. The minimum absolute atomic E-state index is 0.618. The van der Waals surface area contributed by atoms with Crippen LogP contribution in [0.4, 0.5) is 0 Å². The maximum atomic E-state index is 5.92. The van der Waals surface area contributed by atoms with Crippen LogP contribution in [-0.4, -0.2) is 20.4 Å². The molecular weight excluding hydrogens is 258 g/mol. The van der Waals surface area contributed by atoms with Gasteiger partial charge in [0.15, 0.2) is 5.65 Å². The van der Waals surface area contributed by atoms with Gasteiger partial charge in [0.25, 0.3) is 0 Å². The first-order valence-electron chi connectivity index (χ1n) is 7.16. The van der Waals surface area contributed by atoms with Gasteiger partial charge in [-0.1, -0.05) is 12.8 Å². The molecule has 0 amide bonds. The second kappa shape index (κ2) is 5.49. The summed E-state index contributed by atoms with van der Waals surface area (Å²) in [5, 5.41) is 0. The van der Waals surface area contributed by atoms with Crippen LogP contribution in [0.5, 0.6) is 0 Å². The molecule has 2 aromatic heterocycles. The lowest BCUT2D eigenvalue weighted by atomic mass is 10.1. The number of halogens is 1. The highest BCUT2D eigenvalue weighted by atomic mass is 35.5. The van der Waals surface area contributed by atoms with Gasteiger partial charge in [-0.05, 0) is 37.3 Å². The van der Waals surface area contributed by atoms with E-state index in [-0.39, 0.29) is 0 Å². The molecule has 0 aliphatic heterocycles. The zero-order chi connectivity index (χ0) is 13.2. The van der Waals surface area contributed by atoms with Gasteiger partial charge >= 0.3 is 0 Å². The summed E-state index contributed by atoms with van der Waals surface area (Å²) in [7, 11) is 0. The van der Waals surface area contributed by atoms with E-state index >= 15 is 0 Å². The second-order valence-electron chi connectivity index (χ2n) is 5.53. The number of aryl methyl sites for hydroxylation is 2. The van der Waals surface area contributed by atoms with Gasteiger partial charge in [-0.25, -0.2) is 9.97 Å². The molecule has 0 aromatic carbocycles. The van der Waals surface area contributed by atoms with Crippen LogP contribution in [0.2, 0.25) is 0 Å². The molecule has 2 heterocycles. The first-order chi connectivity index (χ1) is 9.29. The number of imidazole rings is 1. The zero-order valence-electron chi connectivity index (χ0n) is 11.4. The van der Waals surface area contributed by atoms with Gasteiger partial charge < -0.3 is 4.57 Å². The fourth-order valence-electron chi connectivity index (χ4n) is 3.10. The van der Waals surface area contributed by atoms with Crippen LogP contribution in [0.25, 0.3) is 11.2 Å². The monoisotopic (exact) mass is 277 g/mol. The maximum absolute atomic E-state index is 5.92. The molecule has 1 fully saturated rings. The van der Waals surface area contributed by atoms with Crippen molar-refractivity contribution in [3.8, 4) is 0 Å². The number of hydrogen-bond acceptors (Lipinski definition) is 2. The minimum Gasteiger partial charge on any atom is -0.312 e. The predicted octanol–water partition coefficient (Wildman–Crippen LogP) is 3.71. The summed E-state index contributed by atoms with van der Waals surface area (Å²) in [4.78, 5) is 9.30. The Kier molecular flexibility index (Phi) is 3.74. The van der Waals surface area contributed by atoms with Crippen molar-refractivity contribution in [3.05, 3.63) is 23.7 Å². The Morgan fingerprint density at radius 3 is 2.89 bits per heavy atom. The van der Waals surface area contributed by atoms with E-state index in [1.165, 1.54) is 31.2 Å². The first kappa shape index (κ1) is 12.9. The summed E-state index contributed by atoms with van der Waals surface area (Å²) in [6.07, 6.45) is 8.12. The lowest BCUT2D eigenvalue weighted by Crippen LogP contribution is -2.11. The van der Waals surface area contributed by atoms with Crippen molar-refractivity contribution in [1.29, 1.82) is 0 Å². The van der Waals surface area contributed by atoms with Crippen LogP contribution in [0.15, 0.2) is 12.3 Å². The van der Waals surface area contributed by atoms with Gasteiger partial charge in [-0.2, -0.15) is 0 Å². The Balaban J connectivity index is 2.02. The van der Waals surface area contributed by atoms with E-state index in [0.717, 1.165) is 35.9 Å². The van der Waals surface area contributed by atoms with Crippen molar-refractivity contribution in [1.82, 2.24) is 14.5 Å². The summed E-state index contributed by atoms with van der Waals surface area (Å²) in [5.41, 5.74) is 3.28. The van der Waals surface area contributed by atoms with Crippen LogP contribution in [-0.2, 0) is 13.0 Å². The SMILES string of the molecule is Cc1ccnc2c1nc(CCCl)n2CC1CCCC1. The second-order valence-corrected chi connectivity index (χ2v) is 5.91. The molecule has 3 rings (SSSR count). The predicted molar refractivity (Wildman–Crippen MR) is 78.6 cm³/mol. The lowest BCUT2D eigenvalue weighted by Gasteiger charge is -2.13. The topological polar surface area (TPSA) is 30.7 Å². The van der Waals surface area contributed by atoms with Crippen molar-refractivity contribution in [3.63, 3.8) is 0 Å². The Hall–Kier alpha value is -1.09. The van der Waals surface area contributed by atoms with Crippen LogP contribution >= 0.6 is 11.6 Å². The minimum atomic E-state index is 0.618. The number of nitrogens with zero attached hydrogens (tertiary/aromatic N) is 3. The smallest absolute Gasteiger partial charge is 0.160 e. The number of rotatable bonds is 4. The molecule has 19 heavy (non-hydrogen) atoms. The van der Waals surface area contributed by atoms with E-state index < -0.39 is 0 Å². The van der Waals surface area contributed by atoms with Crippen molar-refractivity contribution < 1.29 is 0 Å². The van der Waals surface area contributed by atoms with Crippen molar-refractivity contribution in [2.24, 2.45) is 5.92 Å². The molecule has 1 aliphatic rings. The van der Waals surface area contributed by atoms with Crippen LogP contribution < -0.4 is 0 Å². The molecule has 0 atom stereocenters. The molecule has 0 unspecified atom stereocenters. The van der Waals surface area contributed by atoms with Gasteiger partial charge in [0.1, 0.15) is 11.3 Å². The van der Waals surface area contributed by atoms with Crippen LogP contribution in [0.1, 0.15) is 37.1 Å². The van der Waals surface area contributed by atoms with Crippen molar-refractivity contribution >= 4 is 22.8 Å². The highest BCUT2D eigenvalue weighted by Crippen LogP contribution is 2.28. The molecule has 4 heteroatoms. The number of pyridine rings is 1. The molecule has 0 saturated heterocycles. The third kappa shape index (κ3) is 2.48. The summed E-state index contributed by atoms with van der Waals surface area (Å²) >= 11 is 5.92. The molecule has 0 N–H and O–H groups in total. The molecule has 1 aliphatic carbocycles. The first-order valence-corrected chi connectivity index (χ1v) is 7.69. The molecule has 1 saturated carbocycles. The van der Waals surface area contributed by atoms with Gasteiger partial charge in [0.2, 0.25) is 0 Å². The fourth-order valence-corrected chi connectivity index (χ4v) is 3.27. The van der Waals surface area contributed by atoms with E-state index in [2.05, 4.69) is 16.5 Å². The summed E-state index contributed by atoms with van der Waals surface area (Å²) in [5.74, 6) is 2.50. The van der Waals surface area contributed by atoms with Gasteiger partial charge in [0.05, 0.1) is 0 Å². The van der Waals surface area contributed by atoms with E-state index in [0.29, 0.717) is 5.88 Å². The van der Waals surface area contributed by atoms with Gasteiger partial charge in [-0.15, -0.1) is 11.6 Å². The Bertz CT molecular complexity index is 570. The maximum Gasteiger partial charge on any atom is 0.160 e. The number of hydrogen-bond donors (Lipinski definition) is 0. The summed E-state index contributed by atoms with van der Waals surface area (Å²) in [6.45, 7) is 3.15. The highest BCUT2D eigenvalue weighted by molar-refractivity contribution is 6.17. The van der Waals surface area contributed by atoms with Crippen molar-refractivity contribution in [2.75, 3.05) is 5.88 Å². The molecule has 0 bridgehead atoms. The normalized spacial score (nSPS) is 16.5. The summed E-state index contributed by atoms with van der Waals surface area (Å²) in [6, 6.07) is 2.03.